The molecule has 3 heteroatoms. The van der Waals surface area contributed by atoms with Crippen molar-refractivity contribution in [2.75, 3.05) is 0 Å². The van der Waals surface area contributed by atoms with Crippen LogP contribution < -0.4 is 0 Å². The van der Waals surface area contributed by atoms with Gasteiger partial charge in [0.15, 0.2) is 4.69 Å². The number of hydrogen-bond acceptors (Lipinski definition) is 1. The number of halogens is 2. The van der Waals surface area contributed by atoms with Crippen molar-refractivity contribution in [2.24, 2.45) is 0 Å². The summed E-state index contributed by atoms with van der Waals surface area (Å²) in [4.78, 5) is 9.73. The molecule has 0 unspecified atom stereocenters. The van der Waals surface area contributed by atoms with Gasteiger partial charge in [-0.25, -0.2) is 0 Å². The summed E-state index contributed by atoms with van der Waals surface area (Å²) >= 11 is 2.73. The molecule has 1 nitrogen and oxygen atoms in total. The molecular weight excluding hydrogens is 167 g/mol. The zero-order valence-electron chi connectivity index (χ0n) is 3.40. The Morgan fingerprint density at radius 3 is 2.00 bits per heavy atom. The Morgan fingerprint density at radius 1 is 1.83 bits per heavy atom. The molecule has 6 heavy (non-hydrogen) atoms. The molecule has 0 N–H and O–H groups in total. The molecule has 0 aromatic heterocycles. The summed E-state index contributed by atoms with van der Waals surface area (Å²) in [5.74, 6) is 0. The molecule has 0 aliphatic heterocycles. The van der Waals surface area contributed by atoms with Crippen molar-refractivity contribution in [1.29, 1.82) is 0 Å². The first-order valence-corrected chi connectivity index (χ1v) is 2.25. The SMILES string of the molecule is CCC(=O)Br.Cl. The summed E-state index contributed by atoms with van der Waals surface area (Å²) in [6, 6.07) is 0. The summed E-state index contributed by atoms with van der Waals surface area (Å²) < 4.78 is 0.0671. The van der Waals surface area contributed by atoms with Crippen LogP contribution >= 0.6 is 28.3 Å². The van der Waals surface area contributed by atoms with E-state index < -0.39 is 0 Å². The Labute approximate surface area is 51.7 Å². The van der Waals surface area contributed by atoms with E-state index in [0.717, 1.165) is 0 Å². The predicted octanol–water partition coefficient (Wildman–Crippen LogP) is 1.74. The van der Waals surface area contributed by atoms with Crippen molar-refractivity contribution in [3.05, 3.63) is 0 Å². The van der Waals surface area contributed by atoms with Gasteiger partial charge < -0.3 is 0 Å². The summed E-state index contributed by atoms with van der Waals surface area (Å²) in [6.45, 7) is 1.80. The zero-order chi connectivity index (χ0) is 4.28. The maximum absolute atomic E-state index is 9.73. The number of carbonyl (C=O) groups is 1. The van der Waals surface area contributed by atoms with Crippen molar-refractivity contribution in [1.82, 2.24) is 0 Å². The van der Waals surface area contributed by atoms with Gasteiger partial charge in [-0.15, -0.1) is 12.4 Å². The van der Waals surface area contributed by atoms with Gasteiger partial charge in [0.1, 0.15) is 0 Å². The van der Waals surface area contributed by atoms with Crippen molar-refractivity contribution in [2.45, 2.75) is 13.3 Å². The monoisotopic (exact) mass is 172 g/mol. The first-order chi connectivity index (χ1) is 2.27. The first kappa shape index (κ1) is 9.67. The molecule has 0 amide bonds. The third-order valence-corrected chi connectivity index (χ3v) is 0.839. The fraction of sp³-hybridized carbons (Fsp3) is 0.667. The number of rotatable bonds is 1. The lowest BCUT2D eigenvalue weighted by atomic mass is 10.6. The standard InChI is InChI=1S/C3H5BrO.ClH/c1-2-3(4)5;/h2H2,1H3;1H. The second kappa shape index (κ2) is 5.44. The highest BCUT2D eigenvalue weighted by molar-refractivity contribution is 9.18. The normalized spacial score (nSPS) is 6.33. The molecule has 0 radical (unpaired) electrons. The Kier molecular flexibility index (Phi) is 8.77. The van der Waals surface area contributed by atoms with Crippen LogP contribution in [0.15, 0.2) is 0 Å². The fourth-order valence-electron chi connectivity index (χ4n) is 0. The van der Waals surface area contributed by atoms with Crippen molar-refractivity contribution >= 4 is 33.0 Å². The van der Waals surface area contributed by atoms with Crippen LogP contribution in [-0.4, -0.2) is 4.69 Å². The Balaban J connectivity index is 0. The van der Waals surface area contributed by atoms with Crippen LogP contribution in [0.4, 0.5) is 0 Å². The Hall–Kier alpha value is 0.440. The molecule has 0 aromatic rings. The van der Waals surface area contributed by atoms with Crippen LogP contribution in [0.2, 0.25) is 0 Å². The lowest BCUT2D eigenvalue weighted by molar-refractivity contribution is -0.110. The van der Waals surface area contributed by atoms with Crippen molar-refractivity contribution < 1.29 is 4.79 Å². The highest BCUT2D eigenvalue weighted by Crippen LogP contribution is 1.85. The van der Waals surface area contributed by atoms with E-state index in [1.165, 1.54) is 0 Å². The molecule has 0 aromatic carbocycles. The largest absolute Gasteiger partial charge is 0.287 e. The van der Waals surface area contributed by atoms with Crippen molar-refractivity contribution in [3.63, 3.8) is 0 Å². The van der Waals surface area contributed by atoms with Gasteiger partial charge in [-0.3, -0.25) is 4.79 Å². The molecule has 0 bridgehead atoms. The van der Waals surface area contributed by atoms with Crippen LogP contribution in [0.5, 0.6) is 0 Å². The van der Waals surface area contributed by atoms with E-state index >= 15 is 0 Å². The maximum Gasteiger partial charge on any atom is 0.197 e. The minimum Gasteiger partial charge on any atom is -0.287 e. The molecule has 0 saturated heterocycles. The lowest BCUT2D eigenvalue weighted by Crippen LogP contribution is -1.73. The van der Waals surface area contributed by atoms with Crippen LogP contribution in [0, 0.1) is 0 Å². The minimum atomic E-state index is 0. The van der Waals surface area contributed by atoms with Gasteiger partial charge in [0.2, 0.25) is 0 Å². The fourth-order valence-corrected chi connectivity index (χ4v) is 0. The molecule has 0 saturated carbocycles. The molecule has 0 aliphatic rings. The molecular formula is C3H6BrClO. The van der Waals surface area contributed by atoms with E-state index in [9.17, 15) is 4.79 Å². The molecule has 0 rings (SSSR count). The number of carbonyl (C=O) groups excluding carboxylic acids is 1. The quantitative estimate of drug-likeness (QED) is 0.552. The number of hydrogen-bond donors (Lipinski definition) is 0. The van der Waals surface area contributed by atoms with Gasteiger partial charge in [-0.1, -0.05) is 6.92 Å². The summed E-state index contributed by atoms with van der Waals surface area (Å²) in [7, 11) is 0. The Morgan fingerprint density at radius 2 is 2.00 bits per heavy atom. The Bertz CT molecular complexity index is 46.1. The van der Waals surface area contributed by atoms with E-state index in [1.807, 2.05) is 0 Å². The zero-order valence-corrected chi connectivity index (χ0v) is 5.80. The third-order valence-electron chi connectivity index (χ3n) is 0.278. The van der Waals surface area contributed by atoms with Crippen LogP contribution in [0.25, 0.3) is 0 Å². The highest BCUT2D eigenvalue weighted by Gasteiger charge is 1.80. The lowest BCUT2D eigenvalue weighted by Gasteiger charge is -1.68. The topological polar surface area (TPSA) is 17.1 Å². The van der Waals surface area contributed by atoms with Gasteiger partial charge >= 0.3 is 0 Å². The average Bonchev–Trinajstić information content (AvgIpc) is 1.38. The second-order valence-electron chi connectivity index (χ2n) is 0.709. The van der Waals surface area contributed by atoms with Gasteiger partial charge in [-0.2, -0.15) is 0 Å². The van der Waals surface area contributed by atoms with Gasteiger partial charge in [0, 0.05) is 6.42 Å². The second-order valence-corrected chi connectivity index (χ2v) is 1.59. The highest BCUT2D eigenvalue weighted by atomic mass is 79.9. The smallest absolute Gasteiger partial charge is 0.197 e. The predicted molar refractivity (Wildman–Crippen MR) is 31.5 cm³/mol. The summed E-state index contributed by atoms with van der Waals surface area (Å²) in [5.41, 5.74) is 0. The first-order valence-electron chi connectivity index (χ1n) is 1.45. The van der Waals surface area contributed by atoms with Crippen LogP contribution in [0.3, 0.4) is 0 Å². The third kappa shape index (κ3) is 8.83. The van der Waals surface area contributed by atoms with E-state index in [1.54, 1.807) is 6.92 Å². The van der Waals surface area contributed by atoms with Gasteiger partial charge in [-0.05, 0) is 15.9 Å². The van der Waals surface area contributed by atoms with Crippen molar-refractivity contribution in [3.8, 4) is 0 Å². The molecule has 0 spiro atoms. The minimum absolute atomic E-state index is 0. The van der Waals surface area contributed by atoms with Gasteiger partial charge in [0.05, 0.1) is 0 Å². The van der Waals surface area contributed by atoms with Crippen LogP contribution in [-0.2, 0) is 4.79 Å². The summed E-state index contributed by atoms with van der Waals surface area (Å²) in [6.07, 6.45) is 0.583. The molecule has 0 atom stereocenters. The molecule has 0 aliphatic carbocycles. The summed E-state index contributed by atoms with van der Waals surface area (Å²) in [5, 5.41) is 0. The molecule has 0 fully saturated rings. The molecule has 0 heterocycles. The van der Waals surface area contributed by atoms with E-state index in [4.69, 9.17) is 0 Å². The van der Waals surface area contributed by atoms with E-state index in [-0.39, 0.29) is 17.1 Å². The van der Waals surface area contributed by atoms with Crippen LogP contribution in [0.1, 0.15) is 13.3 Å². The van der Waals surface area contributed by atoms with E-state index in [0.29, 0.717) is 6.42 Å². The van der Waals surface area contributed by atoms with E-state index in [2.05, 4.69) is 15.9 Å². The average molecular weight is 173 g/mol. The maximum atomic E-state index is 9.73. The van der Waals surface area contributed by atoms with Gasteiger partial charge in [0.25, 0.3) is 0 Å². The molecule has 38 valence electrons.